The average molecular weight is 291 g/mol. The van der Waals surface area contributed by atoms with Gasteiger partial charge in [-0.05, 0) is 18.2 Å². The van der Waals surface area contributed by atoms with Crippen LogP contribution in [0.15, 0.2) is 34.7 Å². The van der Waals surface area contributed by atoms with Crippen LogP contribution in [-0.2, 0) is 13.1 Å². The van der Waals surface area contributed by atoms with E-state index in [-0.39, 0.29) is 5.76 Å². The van der Waals surface area contributed by atoms with Crippen LogP contribution in [0, 0.1) is 0 Å². The molecule has 2 aromatic rings. The summed E-state index contributed by atoms with van der Waals surface area (Å²) in [7, 11) is 3.20. The molecule has 0 amide bonds. The van der Waals surface area contributed by atoms with Gasteiger partial charge in [-0.15, -0.1) is 0 Å². The summed E-state index contributed by atoms with van der Waals surface area (Å²) in [4.78, 5) is 10.7. The zero-order valence-electron chi connectivity index (χ0n) is 11.9. The first-order valence-electron chi connectivity index (χ1n) is 6.37. The van der Waals surface area contributed by atoms with Crippen LogP contribution < -0.4 is 14.8 Å². The van der Waals surface area contributed by atoms with Crippen LogP contribution in [0.5, 0.6) is 11.5 Å². The third kappa shape index (κ3) is 3.76. The summed E-state index contributed by atoms with van der Waals surface area (Å²) in [6.45, 7) is 0.999. The number of furan rings is 1. The normalized spacial score (nSPS) is 10.4. The summed E-state index contributed by atoms with van der Waals surface area (Å²) in [6, 6.07) is 8.66. The van der Waals surface area contributed by atoms with Crippen molar-refractivity contribution in [3.63, 3.8) is 0 Å². The van der Waals surface area contributed by atoms with Gasteiger partial charge in [-0.25, -0.2) is 4.79 Å². The van der Waals surface area contributed by atoms with Gasteiger partial charge in [0.05, 0.1) is 20.8 Å². The fourth-order valence-electron chi connectivity index (χ4n) is 1.91. The Hall–Kier alpha value is -2.47. The van der Waals surface area contributed by atoms with Crippen LogP contribution in [0.3, 0.4) is 0 Å². The molecule has 0 aliphatic carbocycles. The molecule has 6 heteroatoms. The summed E-state index contributed by atoms with van der Waals surface area (Å²) in [5, 5.41) is 12.0. The molecule has 2 N–H and O–H groups in total. The Morgan fingerprint density at radius 3 is 2.62 bits per heavy atom. The van der Waals surface area contributed by atoms with Crippen molar-refractivity contribution in [2.75, 3.05) is 14.2 Å². The molecular formula is C15H17NO5. The quantitative estimate of drug-likeness (QED) is 0.814. The van der Waals surface area contributed by atoms with Crippen molar-refractivity contribution >= 4 is 5.97 Å². The van der Waals surface area contributed by atoms with E-state index in [2.05, 4.69) is 5.32 Å². The molecule has 1 aromatic heterocycles. The minimum absolute atomic E-state index is 0.0613. The molecule has 0 radical (unpaired) electrons. The van der Waals surface area contributed by atoms with Gasteiger partial charge < -0.3 is 24.3 Å². The van der Waals surface area contributed by atoms with Crippen molar-refractivity contribution < 1.29 is 23.8 Å². The topological polar surface area (TPSA) is 80.9 Å². The molecule has 1 heterocycles. The Bertz CT molecular complexity index is 620. The molecule has 0 fully saturated rings. The van der Waals surface area contributed by atoms with E-state index in [1.165, 1.54) is 6.07 Å². The third-order valence-electron chi connectivity index (χ3n) is 2.98. The van der Waals surface area contributed by atoms with Gasteiger partial charge in [0.2, 0.25) is 5.76 Å². The van der Waals surface area contributed by atoms with Crippen LogP contribution >= 0.6 is 0 Å². The first-order valence-corrected chi connectivity index (χ1v) is 6.37. The molecule has 112 valence electrons. The largest absolute Gasteiger partial charge is 0.497 e. The maximum atomic E-state index is 10.7. The molecule has 0 spiro atoms. The number of nitrogens with one attached hydrogen (secondary N) is 1. The molecule has 0 aliphatic rings. The first-order chi connectivity index (χ1) is 10.1. The van der Waals surface area contributed by atoms with E-state index >= 15 is 0 Å². The van der Waals surface area contributed by atoms with Crippen molar-refractivity contribution in [3.05, 3.63) is 47.4 Å². The number of benzene rings is 1. The molecule has 0 saturated heterocycles. The van der Waals surface area contributed by atoms with Gasteiger partial charge in [0.15, 0.2) is 0 Å². The highest BCUT2D eigenvalue weighted by atomic mass is 16.5. The number of carbonyl (C=O) groups is 1. The summed E-state index contributed by atoms with van der Waals surface area (Å²) in [6.07, 6.45) is 0. The Balaban J connectivity index is 1.94. The lowest BCUT2D eigenvalue weighted by Crippen LogP contribution is -2.13. The van der Waals surface area contributed by atoms with Crippen LogP contribution in [0.25, 0.3) is 0 Å². The molecule has 1 aromatic carbocycles. The van der Waals surface area contributed by atoms with Crippen molar-refractivity contribution in [2.24, 2.45) is 0 Å². The number of aromatic carboxylic acids is 1. The van der Waals surface area contributed by atoms with Gasteiger partial charge in [0.1, 0.15) is 17.3 Å². The second kappa shape index (κ2) is 6.81. The number of hydrogen-bond acceptors (Lipinski definition) is 5. The van der Waals surface area contributed by atoms with E-state index in [0.29, 0.717) is 18.8 Å². The van der Waals surface area contributed by atoms with Crippen molar-refractivity contribution in [2.45, 2.75) is 13.1 Å². The van der Waals surface area contributed by atoms with Gasteiger partial charge >= 0.3 is 5.97 Å². The van der Waals surface area contributed by atoms with Crippen LogP contribution in [0.1, 0.15) is 21.9 Å². The highest BCUT2D eigenvalue weighted by molar-refractivity contribution is 5.84. The van der Waals surface area contributed by atoms with Crippen molar-refractivity contribution in [3.8, 4) is 11.5 Å². The second-order valence-electron chi connectivity index (χ2n) is 4.35. The first kappa shape index (κ1) is 14.9. The number of hydrogen-bond donors (Lipinski definition) is 2. The molecular weight excluding hydrogens is 274 g/mol. The SMILES string of the molecule is COc1ccc(CNCc2ccc(C(=O)O)o2)c(OC)c1. The Labute approximate surface area is 122 Å². The number of carboxylic acids is 1. The van der Waals surface area contributed by atoms with Gasteiger partial charge in [0.25, 0.3) is 0 Å². The van der Waals surface area contributed by atoms with Crippen LogP contribution in [0.4, 0.5) is 0 Å². The average Bonchev–Trinajstić information content (AvgIpc) is 2.96. The monoisotopic (exact) mass is 291 g/mol. The lowest BCUT2D eigenvalue weighted by molar-refractivity contribution is 0.0660. The fraction of sp³-hybridized carbons (Fsp3) is 0.267. The Kier molecular flexibility index (Phi) is 4.84. The lowest BCUT2D eigenvalue weighted by atomic mass is 10.2. The molecule has 21 heavy (non-hydrogen) atoms. The predicted molar refractivity (Wildman–Crippen MR) is 75.8 cm³/mol. The smallest absolute Gasteiger partial charge is 0.371 e. The zero-order chi connectivity index (χ0) is 15.2. The lowest BCUT2D eigenvalue weighted by Gasteiger charge is -2.10. The molecule has 0 unspecified atom stereocenters. The molecule has 0 bridgehead atoms. The third-order valence-corrected chi connectivity index (χ3v) is 2.98. The summed E-state index contributed by atoms with van der Waals surface area (Å²) in [5.41, 5.74) is 0.975. The standard InChI is InChI=1S/C15H17NO5/c1-19-11-4-3-10(14(7-11)20-2)8-16-9-12-5-6-13(21-12)15(17)18/h3-7,16H,8-9H2,1-2H3,(H,17,18). The van der Waals surface area contributed by atoms with Gasteiger partial charge in [0, 0.05) is 18.2 Å². The second-order valence-corrected chi connectivity index (χ2v) is 4.35. The molecule has 0 aliphatic heterocycles. The maximum absolute atomic E-state index is 10.7. The van der Waals surface area contributed by atoms with E-state index in [4.69, 9.17) is 19.0 Å². The maximum Gasteiger partial charge on any atom is 0.371 e. The van der Waals surface area contributed by atoms with Crippen LogP contribution in [0.2, 0.25) is 0 Å². The number of methoxy groups -OCH3 is 2. The minimum Gasteiger partial charge on any atom is -0.497 e. The minimum atomic E-state index is -1.07. The number of rotatable bonds is 7. The van der Waals surface area contributed by atoms with E-state index in [1.54, 1.807) is 20.3 Å². The summed E-state index contributed by atoms with van der Waals surface area (Å²) >= 11 is 0. The molecule has 2 rings (SSSR count). The van der Waals surface area contributed by atoms with Crippen molar-refractivity contribution in [1.82, 2.24) is 5.32 Å². The summed E-state index contributed by atoms with van der Waals surface area (Å²) < 4.78 is 15.6. The van der Waals surface area contributed by atoms with E-state index in [1.807, 2.05) is 18.2 Å². The van der Waals surface area contributed by atoms with E-state index in [0.717, 1.165) is 17.1 Å². The predicted octanol–water partition coefficient (Wildman–Crippen LogP) is 2.28. The molecule has 0 atom stereocenters. The zero-order valence-corrected chi connectivity index (χ0v) is 11.9. The number of carboxylic acid groups (broad SMARTS) is 1. The highest BCUT2D eigenvalue weighted by Crippen LogP contribution is 2.24. The van der Waals surface area contributed by atoms with Gasteiger partial charge in [-0.1, -0.05) is 6.07 Å². The highest BCUT2D eigenvalue weighted by Gasteiger charge is 2.09. The molecule has 0 saturated carbocycles. The van der Waals surface area contributed by atoms with E-state index < -0.39 is 5.97 Å². The number of ether oxygens (including phenoxy) is 2. The fourth-order valence-corrected chi connectivity index (χ4v) is 1.91. The Morgan fingerprint density at radius 2 is 2.00 bits per heavy atom. The van der Waals surface area contributed by atoms with Crippen LogP contribution in [-0.4, -0.2) is 25.3 Å². The van der Waals surface area contributed by atoms with E-state index in [9.17, 15) is 4.79 Å². The molecule has 6 nitrogen and oxygen atoms in total. The summed E-state index contributed by atoms with van der Waals surface area (Å²) in [5.74, 6) is 0.895. The van der Waals surface area contributed by atoms with Crippen molar-refractivity contribution in [1.29, 1.82) is 0 Å². The van der Waals surface area contributed by atoms with Gasteiger partial charge in [-0.3, -0.25) is 0 Å². The Morgan fingerprint density at radius 1 is 1.19 bits per heavy atom. The van der Waals surface area contributed by atoms with Gasteiger partial charge in [-0.2, -0.15) is 0 Å².